The Kier molecular flexibility index (Phi) is 3.88. The van der Waals surface area contributed by atoms with Crippen molar-refractivity contribution in [1.29, 1.82) is 0 Å². The Labute approximate surface area is 122 Å². The van der Waals surface area contributed by atoms with Crippen molar-refractivity contribution in [2.45, 2.75) is 44.7 Å². The first kappa shape index (κ1) is 13.4. The second-order valence-electron chi connectivity index (χ2n) is 5.90. The van der Waals surface area contributed by atoms with Crippen LogP contribution in [0, 0.1) is 6.92 Å². The fourth-order valence-electron chi connectivity index (χ4n) is 2.95. The van der Waals surface area contributed by atoms with Gasteiger partial charge in [-0.05, 0) is 30.9 Å². The first-order valence-corrected chi connectivity index (χ1v) is 7.65. The molecule has 0 aromatic heterocycles. The van der Waals surface area contributed by atoms with Crippen molar-refractivity contribution < 1.29 is 0 Å². The molecular formula is C19H23N. The molecule has 0 amide bonds. The van der Waals surface area contributed by atoms with Gasteiger partial charge in [-0.2, -0.15) is 0 Å². The average Bonchev–Trinajstić information content (AvgIpc) is 3.26. The average molecular weight is 265 g/mol. The third kappa shape index (κ3) is 2.94. The number of nitrogens with one attached hydrogen (secondary N) is 1. The zero-order valence-electron chi connectivity index (χ0n) is 12.3. The first-order chi connectivity index (χ1) is 9.78. The molecule has 1 aliphatic rings. The van der Waals surface area contributed by atoms with E-state index in [-0.39, 0.29) is 0 Å². The Morgan fingerprint density at radius 3 is 2.40 bits per heavy atom. The highest BCUT2D eigenvalue weighted by atomic mass is 15.0. The van der Waals surface area contributed by atoms with Crippen molar-refractivity contribution in [3.8, 4) is 0 Å². The summed E-state index contributed by atoms with van der Waals surface area (Å²) in [6.45, 7) is 4.40. The number of hydrogen-bond donors (Lipinski definition) is 1. The minimum absolute atomic E-state index is 0.481. The Hall–Kier alpha value is -1.60. The summed E-state index contributed by atoms with van der Waals surface area (Å²) in [6, 6.07) is 20.9. The summed E-state index contributed by atoms with van der Waals surface area (Å²) < 4.78 is 0. The molecule has 0 radical (unpaired) electrons. The summed E-state index contributed by atoms with van der Waals surface area (Å²) in [5, 5.41) is 3.82. The third-order valence-corrected chi connectivity index (χ3v) is 4.32. The van der Waals surface area contributed by atoms with E-state index in [1.807, 2.05) is 0 Å². The summed E-state index contributed by atoms with van der Waals surface area (Å²) in [7, 11) is 0. The lowest BCUT2D eigenvalue weighted by Crippen LogP contribution is -2.24. The second kappa shape index (κ2) is 5.80. The van der Waals surface area contributed by atoms with Gasteiger partial charge >= 0.3 is 0 Å². The summed E-state index contributed by atoms with van der Waals surface area (Å²) in [6.07, 6.45) is 2.41. The van der Waals surface area contributed by atoms with E-state index in [9.17, 15) is 0 Å². The van der Waals surface area contributed by atoms with Gasteiger partial charge in [0.1, 0.15) is 0 Å². The maximum atomic E-state index is 3.82. The van der Waals surface area contributed by atoms with Gasteiger partial charge in [0.05, 0.1) is 0 Å². The smallest absolute Gasteiger partial charge is 0.0320 e. The van der Waals surface area contributed by atoms with Gasteiger partial charge in [0.25, 0.3) is 0 Å². The molecule has 1 aliphatic carbocycles. The molecule has 3 unspecified atom stereocenters. The van der Waals surface area contributed by atoms with Crippen molar-refractivity contribution in [2.75, 3.05) is 0 Å². The molecule has 1 N–H and O–H groups in total. The van der Waals surface area contributed by atoms with Crippen molar-refractivity contribution in [3.05, 3.63) is 71.3 Å². The molecule has 1 saturated carbocycles. The van der Waals surface area contributed by atoms with Crippen LogP contribution >= 0.6 is 0 Å². The van der Waals surface area contributed by atoms with Crippen molar-refractivity contribution in [2.24, 2.45) is 0 Å². The maximum Gasteiger partial charge on any atom is 0.0320 e. The Balaban J connectivity index is 1.64. The van der Waals surface area contributed by atoms with Crippen LogP contribution in [0.25, 0.3) is 0 Å². The van der Waals surface area contributed by atoms with Gasteiger partial charge < -0.3 is 5.32 Å². The number of benzene rings is 2. The van der Waals surface area contributed by atoms with E-state index in [2.05, 4.69) is 73.8 Å². The highest BCUT2D eigenvalue weighted by Crippen LogP contribution is 2.42. The lowest BCUT2D eigenvalue weighted by molar-refractivity contribution is 0.510. The lowest BCUT2D eigenvalue weighted by Gasteiger charge is -2.18. The largest absolute Gasteiger partial charge is 0.307 e. The zero-order chi connectivity index (χ0) is 13.9. The van der Waals surface area contributed by atoms with Crippen LogP contribution in [-0.2, 0) is 0 Å². The molecular weight excluding hydrogens is 242 g/mol. The fraction of sp³-hybridized carbons (Fsp3) is 0.368. The predicted octanol–water partition coefficient (Wildman–Crippen LogP) is 4.59. The molecule has 3 rings (SSSR count). The van der Waals surface area contributed by atoms with Gasteiger partial charge in [-0.1, -0.05) is 67.1 Å². The van der Waals surface area contributed by atoms with Gasteiger partial charge in [-0.25, -0.2) is 0 Å². The molecule has 1 nitrogen and oxygen atoms in total. The zero-order valence-corrected chi connectivity index (χ0v) is 12.3. The molecule has 0 aliphatic heterocycles. The van der Waals surface area contributed by atoms with Crippen molar-refractivity contribution >= 4 is 0 Å². The van der Waals surface area contributed by atoms with Gasteiger partial charge in [-0.15, -0.1) is 0 Å². The van der Waals surface area contributed by atoms with Crippen LogP contribution in [-0.4, -0.2) is 6.04 Å². The van der Waals surface area contributed by atoms with E-state index in [1.165, 1.54) is 23.1 Å². The second-order valence-corrected chi connectivity index (χ2v) is 5.90. The van der Waals surface area contributed by atoms with Crippen LogP contribution in [0.2, 0.25) is 0 Å². The predicted molar refractivity (Wildman–Crippen MR) is 84.9 cm³/mol. The van der Waals surface area contributed by atoms with E-state index < -0.39 is 0 Å². The van der Waals surface area contributed by atoms with Crippen molar-refractivity contribution in [3.63, 3.8) is 0 Å². The third-order valence-electron chi connectivity index (χ3n) is 4.32. The molecule has 0 bridgehead atoms. The van der Waals surface area contributed by atoms with Crippen LogP contribution < -0.4 is 5.32 Å². The van der Waals surface area contributed by atoms with E-state index in [1.54, 1.807) is 0 Å². The lowest BCUT2D eigenvalue weighted by atomic mass is 10.0. The minimum Gasteiger partial charge on any atom is -0.307 e. The van der Waals surface area contributed by atoms with Gasteiger partial charge in [0.15, 0.2) is 0 Å². The molecule has 2 aromatic carbocycles. The molecule has 3 atom stereocenters. The molecule has 104 valence electrons. The van der Waals surface area contributed by atoms with E-state index >= 15 is 0 Å². The fourth-order valence-corrected chi connectivity index (χ4v) is 2.95. The van der Waals surface area contributed by atoms with E-state index in [0.29, 0.717) is 18.0 Å². The number of rotatable bonds is 5. The molecule has 20 heavy (non-hydrogen) atoms. The summed E-state index contributed by atoms with van der Waals surface area (Å²) >= 11 is 0. The summed E-state index contributed by atoms with van der Waals surface area (Å²) in [4.78, 5) is 0. The first-order valence-electron chi connectivity index (χ1n) is 7.65. The number of hydrogen-bond acceptors (Lipinski definition) is 1. The quantitative estimate of drug-likeness (QED) is 0.833. The topological polar surface area (TPSA) is 12.0 Å². The van der Waals surface area contributed by atoms with Crippen LogP contribution in [0.15, 0.2) is 54.6 Å². The van der Waals surface area contributed by atoms with Crippen LogP contribution in [0.4, 0.5) is 0 Å². The molecule has 0 saturated heterocycles. The number of aryl methyl sites for hydroxylation is 1. The van der Waals surface area contributed by atoms with Gasteiger partial charge in [0.2, 0.25) is 0 Å². The molecule has 1 fully saturated rings. The Morgan fingerprint density at radius 2 is 1.75 bits per heavy atom. The SMILES string of the molecule is CCC(NC1CC1c1ccccc1)c1ccc(C)cc1. The van der Waals surface area contributed by atoms with Crippen molar-refractivity contribution in [1.82, 2.24) is 5.32 Å². The minimum atomic E-state index is 0.481. The molecule has 2 aromatic rings. The maximum absolute atomic E-state index is 3.82. The van der Waals surface area contributed by atoms with Gasteiger partial charge in [0, 0.05) is 18.0 Å². The standard InChI is InChI=1S/C19H23N/c1-3-18(16-11-9-14(2)10-12-16)20-19-13-17(19)15-7-5-4-6-8-15/h4-12,17-20H,3,13H2,1-2H3. The molecule has 0 heterocycles. The highest BCUT2D eigenvalue weighted by molar-refractivity contribution is 5.29. The van der Waals surface area contributed by atoms with Gasteiger partial charge in [-0.3, -0.25) is 0 Å². The Morgan fingerprint density at radius 1 is 1.05 bits per heavy atom. The van der Waals surface area contributed by atoms with Crippen LogP contribution in [0.1, 0.15) is 48.4 Å². The van der Waals surface area contributed by atoms with E-state index in [0.717, 1.165) is 6.42 Å². The normalized spacial score (nSPS) is 22.5. The summed E-state index contributed by atoms with van der Waals surface area (Å²) in [5.41, 5.74) is 4.22. The monoisotopic (exact) mass is 265 g/mol. The van der Waals surface area contributed by atoms with Crippen LogP contribution in [0.5, 0.6) is 0 Å². The van der Waals surface area contributed by atoms with Crippen LogP contribution in [0.3, 0.4) is 0 Å². The molecule has 1 heteroatoms. The highest BCUT2D eigenvalue weighted by Gasteiger charge is 2.39. The summed E-state index contributed by atoms with van der Waals surface area (Å²) in [5.74, 6) is 0.704. The van der Waals surface area contributed by atoms with E-state index in [4.69, 9.17) is 0 Å². The molecule has 0 spiro atoms. The Bertz CT molecular complexity index is 544.